The van der Waals surface area contributed by atoms with E-state index in [0.29, 0.717) is 50.7 Å². The Morgan fingerprint density at radius 1 is 1.00 bits per heavy atom. The molecule has 1 N–H and O–H groups in total. The monoisotopic (exact) mass is 528 g/mol. The molecule has 0 unspecified atom stereocenters. The number of hydrogen-bond acceptors (Lipinski definition) is 6. The van der Waals surface area contributed by atoms with Gasteiger partial charge in [-0.3, -0.25) is 14.4 Å². The van der Waals surface area contributed by atoms with Gasteiger partial charge >= 0.3 is 0 Å². The molecule has 0 spiro atoms. The van der Waals surface area contributed by atoms with Gasteiger partial charge in [0.2, 0.25) is 11.8 Å². The molecular formula is C30H32N4O5. The van der Waals surface area contributed by atoms with Crippen LogP contribution in [-0.4, -0.2) is 72.0 Å². The van der Waals surface area contributed by atoms with E-state index >= 15 is 0 Å². The highest BCUT2D eigenvalue weighted by Gasteiger charge is 2.41. The maximum absolute atomic E-state index is 13.4. The van der Waals surface area contributed by atoms with E-state index in [0.717, 1.165) is 11.1 Å². The van der Waals surface area contributed by atoms with Crippen LogP contribution in [0.2, 0.25) is 0 Å². The van der Waals surface area contributed by atoms with Gasteiger partial charge in [-0.2, -0.15) is 0 Å². The first-order valence-electron chi connectivity index (χ1n) is 13.2. The van der Waals surface area contributed by atoms with Crippen LogP contribution >= 0.6 is 0 Å². The molecule has 2 bridgehead atoms. The number of hydrogen-bond donors (Lipinski definition) is 1. The fourth-order valence-electron chi connectivity index (χ4n) is 5.10. The Balaban J connectivity index is 1.33. The molecule has 5 rings (SSSR count). The molecule has 202 valence electrons. The topological polar surface area (TPSA) is 105 Å². The molecule has 2 aliphatic heterocycles. The predicted octanol–water partition coefficient (Wildman–Crippen LogP) is 3.28. The number of likely N-dealkylation sites (tertiary alicyclic amines) is 1. The summed E-state index contributed by atoms with van der Waals surface area (Å²) in [7, 11) is 0. The average Bonchev–Trinajstić information content (AvgIpc) is 3.60. The molecular weight excluding hydrogens is 496 g/mol. The van der Waals surface area contributed by atoms with Crippen LogP contribution in [0.1, 0.15) is 39.7 Å². The van der Waals surface area contributed by atoms with E-state index in [-0.39, 0.29) is 35.9 Å². The largest absolute Gasteiger partial charge is 0.494 e. The average molecular weight is 529 g/mol. The van der Waals surface area contributed by atoms with E-state index in [1.54, 1.807) is 34.9 Å². The van der Waals surface area contributed by atoms with Gasteiger partial charge in [-0.05, 0) is 42.7 Å². The van der Waals surface area contributed by atoms with Crippen molar-refractivity contribution in [2.75, 3.05) is 39.3 Å². The first kappa shape index (κ1) is 26.2. The van der Waals surface area contributed by atoms with Crippen LogP contribution in [0.5, 0.6) is 5.75 Å². The summed E-state index contributed by atoms with van der Waals surface area (Å²) in [5.41, 5.74) is 2.11. The van der Waals surface area contributed by atoms with E-state index < -0.39 is 5.92 Å². The second-order valence-electron chi connectivity index (χ2n) is 9.88. The number of ether oxygens (including phenoxy) is 1. The number of aromatic nitrogens is 1. The fourth-order valence-corrected chi connectivity index (χ4v) is 5.10. The van der Waals surface area contributed by atoms with Crippen LogP contribution in [0.3, 0.4) is 0 Å². The van der Waals surface area contributed by atoms with Gasteiger partial charge in [-0.1, -0.05) is 47.6 Å². The van der Waals surface area contributed by atoms with Crippen molar-refractivity contribution in [3.63, 3.8) is 0 Å². The molecule has 2 aliphatic rings. The minimum absolute atomic E-state index is 0.124. The molecule has 39 heavy (non-hydrogen) atoms. The fraction of sp³-hybridized carbons (Fsp3) is 0.333. The molecule has 1 saturated heterocycles. The summed E-state index contributed by atoms with van der Waals surface area (Å²) in [5, 5.41) is 6.88. The van der Waals surface area contributed by atoms with Gasteiger partial charge in [-0.25, -0.2) is 0 Å². The van der Waals surface area contributed by atoms with Gasteiger partial charge in [0.25, 0.3) is 5.91 Å². The summed E-state index contributed by atoms with van der Waals surface area (Å²) >= 11 is 0. The maximum Gasteiger partial charge on any atom is 0.276 e. The molecule has 2 aromatic carbocycles. The molecule has 9 nitrogen and oxygen atoms in total. The Bertz CT molecular complexity index is 1350. The Hall–Kier alpha value is -4.40. The van der Waals surface area contributed by atoms with Crippen molar-refractivity contribution in [1.29, 1.82) is 0 Å². The number of aryl methyl sites for hydroxylation is 1. The molecule has 9 heteroatoms. The zero-order valence-electron chi connectivity index (χ0n) is 21.9. The molecule has 2 atom stereocenters. The third kappa shape index (κ3) is 6.37. The van der Waals surface area contributed by atoms with Crippen molar-refractivity contribution in [2.24, 2.45) is 5.92 Å². The quantitative estimate of drug-likeness (QED) is 0.523. The van der Waals surface area contributed by atoms with Gasteiger partial charge in [0, 0.05) is 50.8 Å². The molecule has 3 aromatic rings. The van der Waals surface area contributed by atoms with Crippen LogP contribution in [-0.2, 0) is 9.59 Å². The smallest absolute Gasteiger partial charge is 0.276 e. The number of carbonyl (C=O) groups is 3. The normalized spacial score (nSPS) is 20.2. The lowest BCUT2D eigenvalue weighted by Gasteiger charge is -2.24. The second kappa shape index (κ2) is 12.0. The Labute approximate surface area is 227 Å². The minimum atomic E-state index is -0.456. The molecule has 0 aliphatic carbocycles. The summed E-state index contributed by atoms with van der Waals surface area (Å²) in [5.74, 6) is 0.0449. The molecule has 0 saturated carbocycles. The lowest BCUT2D eigenvalue weighted by atomic mass is 9.88. The molecule has 1 aromatic heterocycles. The van der Waals surface area contributed by atoms with E-state index in [2.05, 4.69) is 10.5 Å². The van der Waals surface area contributed by atoms with E-state index in [1.807, 2.05) is 54.6 Å². The highest BCUT2D eigenvalue weighted by atomic mass is 16.5. The molecule has 3 heterocycles. The highest BCUT2D eigenvalue weighted by Crippen LogP contribution is 2.35. The minimum Gasteiger partial charge on any atom is -0.494 e. The van der Waals surface area contributed by atoms with Gasteiger partial charge in [0.1, 0.15) is 11.5 Å². The number of amides is 3. The van der Waals surface area contributed by atoms with Gasteiger partial charge in [0.15, 0.2) is 5.69 Å². The maximum atomic E-state index is 13.4. The third-order valence-electron chi connectivity index (χ3n) is 7.13. The summed E-state index contributed by atoms with van der Waals surface area (Å²) < 4.78 is 11.1. The number of benzene rings is 2. The zero-order valence-corrected chi connectivity index (χ0v) is 21.9. The SMILES string of the molecule is Cc1cc(C(=O)N2C[C@@H]3C(=O)NCCN(C(=O)/C=C/c4ccccc4)CCCOc4cccc(c4)[C@H]3C2)no1. The number of fused-ring (bicyclic) bond motifs is 4. The van der Waals surface area contributed by atoms with Crippen molar-refractivity contribution in [3.05, 3.63) is 89.3 Å². The first-order chi connectivity index (χ1) is 19.0. The Kier molecular flexibility index (Phi) is 8.05. The summed E-state index contributed by atoms with van der Waals surface area (Å²) in [6.45, 7) is 4.00. The van der Waals surface area contributed by atoms with Crippen molar-refractivity contribution in [2.45, 2.75) is 19.3 Å². The lowest BCUT2D eigenvalue weighted by Crippen LogP contribution is -2.42. The molecule has 1 fully saturated rings. The van der Waals surface area contributed by atoms with Crippen molar-refractivity contribution >= 4 is 23.8 Å². The number of nitrogens with zero attached hydrogens (tertiary/aromatic N) is 3. The molecule has 0 radical (unpaired) electrons. The molecule has 3 amide bonds. The first-order valence-corrected chi connectivity index (χ1v) is 13.2. The van der Waals surface area contributed by atoms with Crippen molar-refractivity contribution < 1.29 is 23.6 Å². The highest BCUT2D eigenvalue weighted by molar-refractivity contribution is 5.94. The van der Waals surface area contributed by atoms with E-state index in [4.69, 9.17) is 9.26 Å². The van der Waals surface area contributed by atoms with Crippen LogP contribution in [0.25, 0.3) is 6.08 Å². The van der Waals surface area contributed by atoms with E-state index in [1.165, 1.54) is 0 Å². The summed E-state index contributed by atoms with van der Waals surface area (Å²) in [6, 6.07) is 18.9. The number of rotatable bonds is 3. The van der Waals surface area contributed by atoms with Crippen LogP contribution in [0.4, 0.5) is 0 Å². The van der Waals surface area contributed by atoms with Gasteiger partial charge in [-0.15, -0.1) is 0 Å². The van der Waals surface area contributed by atoms with Gasteiger partial charge < -0.3 is 24.4 Å². The standard InChI is InChI=1S/C30H32N4O5/c1-21-17-27(32-39-21)30(37)34-19-25-23-9-5-10-24(18-23)38-16-6-14-33(15-13-31-29(36)26(25)20-34)28(35)12-11-22-7-3-2-4-8-22/h2-5,7-12,17-18,25-26H,6,13-16,19-20H2,1H3,(H,31,36)/b12-11+/t25-,26+/m1/s1. The third-order valence-corrected chi connectivity index (χ3v) is 7.13. The van der Waals surface area contributed by atoms with Crippen LogP contribution in [0, 0.1) is 12.8 Å². The van der Waals surface area contributed by atoms with E-state index in [9.17, 15) is 14.4 Å². The summed E-state index contributed by atoms with van der Waals surface area (Å²) in [6.07, 6.45) is 4.00. The van der Waals surface area contributed by atoms with Crippen LogP contribution in [0.15, 0.2) is 71.3 Å². The van der Waals surface area contributed by atoms with Crippen LogP contribution < -0.4 is 10.1 Å². The van der Waals surface area contributed by atoms with Crippen molar-refractivity contribution in [3.8, 4) is 5.75 Å². The number of carbonyl (C=O) groups excluding carboxylic acids is 3. The second-order valence-corrected chi connectivity index (χ2v) is 9.88. The Morgan fingerprint density at radius 3 is 2.62 bits per heavy atom. The lowest BCUT2D eigenvalue weighted by molar-refractivity contribution is -0.128. The number of nitrogens with one attached hydrogen (secondary N) is 1. The Morgan fingerprint density at radius 2 is 1.82 bits per heavy atom. The van der Waals surface area contributed by atoms with Gasteiger partial charge in [0.05, 0.1) is 12.5 Å². The van der Waals surface area contributed by atoms with Crippen molar-refractivity contribution in [1.82, 2.24) is 20.3 Å². The zero-order chi connectivity index (χ0) is 27.2. The summed E-state index contributed by atoms with van der Waals surface area (Å²) in [4.78, 5) is 42.9. The predicted molar refractivity (Wildman–Crippen MR) is 145 cm³/mol.